The first-order chi connectivity index (χ1) is 6.66. The number of benzene rings is 1. The molecule has 0 aliphatic carbocycles. The fourth-order valence-corrected chi connectivity index (χ4v) is 2.07. The van der Waals surface area contributed by atoms with Gasteiger partial charge in [0.25, 0.3) is 0 Å². The molecule has 2 rings (SSSR count). The van der Waals surface area contributed by atoms with Crippen molar-refractivity contribution in [2.24, 2.45) is 5.73 Å². The first kappa shape index (κ1) is 9.53. The van der Waals surface area contributed by atoms with Gasteiger partial charge in [0.05, 0.1) is 6.61 Å². The van der Waals surface area contributed by atoms with E-state index in [4.69, 9.17) is 10.5 Å². The van der Waals surface area contributed by atoms with Crippen molar-refractivity contribution >= 4 is 0 Å². The molecule has 2 nitrogen and oxygen atoms in total. The summed E-state index contributed by atoms with van der Waals surface area (Å²) >= 11 is 0. The predicted molar refractivity (Wildman–Crippen MR) is 57.7 cm³/mol. The molecule has 0 amide bonds. The zero-order valence-corrected chi connectivity index (χ0v) is 8.84. The van der Waals surface area contributed by atoms with Gasteiger partial charge in [-0.25, -0.2) is 0 Å². The van der Waals surface area contributed by atoms with Crippen LogP contribution in [0.2, 0.25) is 0 Å². The van der Waals surface area contributed by atoms with Gasteiger partial charge < -0.3 is 10.5 Å². The van der Waals surface area contributed by atoms with Crippen LogP contribution in [0.15, 0.2) is 12.1 Å². The Hall–Kier alpha value is -1.02. The largest absolute Gasteiger partial charge is 0.493 e. The van der Waals surface area contributed by atoms with E-state index in [9.17, 15) is 0 Å². The molecule has 14 heavy (non-hydrogen) atoms. The average Bonchev–Trinajstić information content (AvgIpc) is 2.50. The lowest BCUT2D eigenvalue weighted by atomic mass is 10.00. The van der Waals surface area contributed by atoms with Gasteiger partial charge in [-0.15, -0.1) is 0 Å². The normalized spacial score (nSPS) is 16.2. The lowest BCUT2D eigenvalue weighted by Crippen LogP contribution is -2.17. The van der Waals surface area contributed by atoms with Crippen LogP contribution < -0.4 is 10.5 Å². The molecule has 1 heterocycles. The topological polar surface area (TPSA) is 35.2 Å². The molecule has 76 valence electrons. The second-order valence-electron chi connectivity index (χ2n) is 4.18. The Labute approximate surface area is 85.1 Å². The highest BCUT2D eigenvalue weighted by atomic mass is 16.5. The minimum absolute atomic E-state index is 0.231. The zero-order valence-electron chi connectivity index (χ0n) is 8.84. The molecule has 1 unspecified atom stereocenters. The molecule has 0 bridgehead atoms. The number of fused-ring (bicyclic) bond motifs is 1. The molecule has 0 saturated heterocycles. The summed E-state index contributed by atoms with van der Waals surface area (Å²) < 4.78 is 5.56. The van der Waals surface area contributed by atoms with E-state index in [1.165, 1.54) is 16.7 Å². The number of rotatable bonds is 2. The summed E-state index contributed by atoms with van der Waals surface area (Å²) in [5.74, 6) is 1.10. The van der Waals surface area contributed by atoms with E-state index in [1.807, 2.05) is 6.92 Å². The van der Waals surface area contributed by atoms with Gasteiger partial charge in [0.15, 0.2) is 0 Å². The monoisotopic (exact) mass is 191 g/mol. The Morgan fingerprint density at radius 2 is 2.29 bits per heavy atom. The van der Waals surface area contributed by atoms with Crippen LogP contribution in [-0.2, 0) is 12.8 Å². The van der Waals surface area contributed by atoms with Crippen LogP contribution in [0.4, 0.5) is 0 Å². The Bertz CT molecular complexity index is 344. The van der Waals surface area contributed by atoms with E-state index in [0.717, 1.165) is 25.2 Å². The summed E-state index contributed by atoms with van der Waals surface area (Å²) in [6.45, 7) is 4.98. The van der Waals surface area contributed by atoms with E-state index < -0.39 is 0 Å². The van der Waals surface area contributed by atoms with Crippen LogP contribution in [0.1, 0.15) is 23.6 Å². The van der Waals surface area contributed by atoms with Crippen LogP contribution in [0.3, 0.4) is 0 Å². The molecule has 1 aromatic rings. The SMILES string of the molecule is Cc1cc(CC(C)N)cc2c1OCC2. The molecule has 2 N–H and O–H groups in total. The third-order valence-electron chi connectivity index (χ3n) is 2.59. The summed E-state index contributed by atoms with van der Waals surface area (Å²) in [6, 6.07) is 4.65. The third-order valence-corrected chi connectivity index (χ3v) is 2.59. The van der Waals surface area contributed by atoms with E-state index in [-0.39, 0.29) is 6.04 Å². The summed E-state index contributed by atoms with van der Waals surface area (Å²) in [6.07, 6.45) is 2.00. The smallest absolute Gasteiger partial charge is 0.125 e. The standard InChI is InChI=1S/C12H17NO/c1-8-5-10(6-9(2)13)7-11-3-4-14-12(8)11/h5,7,9H,3-4,6,13H2,1-2H3. The van der Waals surface area contributed by atoms with Gasteiger partial charge in [-0.2, -0.15) is 0 Å². The third kappa shape index (κ3) is 1.75. The van der Waals surface area contributed by atoms with Crippen molar-refractivity contribution in [3.05, 3.63) is 28.8 Å². The summed E-state index contributed by atoms with van der Waals surface area (Å²) in [7, 11) is 0. The van der Waals surface area contributed by atoms with E-state index in [1.54, 1.807) is 0 Å². The first-order valence-corrected chi connectivity index (χ1v) is 5.17. The van der Waals surface area contributed by atoms with Crippen LogP contribution in [-0.4, -0.2) is 12.6 Å². The second-order valence-corrected chi connectivity index (χ2v) is 4.18. The van der Waals surface area contributed by atoms with Crippen molar-refractivity contribution in [3.8, 4) is 5.75 Å². The van der Waals surface area contributed by atoms with Crippen molar-refractivity contribution in [1.82, 2.24) is 0 Å². The van der Waals surface area contributed by atoms with Gasteiger partial charge in [-0.3, -0.25) is 0 Å². The molecule has 2 heteroatoms. The Kier molecular flexibility index (Phi) is 2.46. The molecule has 1 aliphatic heterocycles. The predicted octanol–water partition coefficient (Wildman–Crippen LogP) is 1.82. The summed E-state index contributed by atoms with van der Waals surface area (Å²) in [5.41, 5.74) is 9.72. The van der Waals surface area contributed by atoms with Crippen molar-refractivity contribution in [2.75, 3.05) is 6.61 Å². The molecular weight excluding hydrogens is 174 g/mol. The van der Waals surface area contributed by atoms with E-state index >= 15 is 0 Å². The first-order valence-electron chi connectivity index (χ1n) is 5.17. The molecule has 0 spiro atoms. The molecule has 1 aliphatic rings. The number of hydrogen-bond acceptors (Lipinski definition) is 2. The highest BCUT2D eigenvalue weighted by Gasteiger charge is 2.15. The maximum absolute atomic E-state index is 5.79. The number of aryl methyl sites for hydroxylation is 1. The molecular formula is C12H17NO. The van der Waals surface area contributed by atoms with Crippen LogP contribution in [0.5, 0.6) is 5.75 Å². The average molecular weight is 191 g/mol. The van der Waals surface area contributed by atoms with Gasteiger partial charge in [-0.05, 0) is 37.0 Å². The van der Waals surface area contributed by atoms with Crippen molar-refractivity contribution in [2.45, 2.75) is 32.7 Å². The van der Waals surface area contributed by atoms with Gasteiger partial charge in [0.1, 0.15) is 5.75 Å². The van der Waals surface area contributed by atoms with Crippen LogP contribution >= 0.6 is 0 Å². The molecule has 0 radical (unpaired) electrons. The van der Waals surface area contributed by atoms with E-state index in [2.05, 4.69) is 19.1 Å². The van der Waals surface area contributed by atoms with Crippen LogP contribution in [0, 0.1) is 6.92 Å². The van der Waals surface area contributed by atoms with Crippen molar-refractivity contribution in [3.63, 3.8) is 0 Å². The van der Waals surface area contributed by atoms with Crippen molar-refractivity contribution < 1.29 is 4.74 Å². The number of ether oxygens (including phenoxy) is 1. The quantitative estimate of drug-likeness (QED) is 0.774. The van der Waals surface area contributed by atoms with Crippen LogP contribution in [0.25, 0.3) is 0 Å². The van der Waals surface area contributed by atoms with Gasteiger partial charge in [0.2, 0.25) is 0 Å². The Morgan fingerprint density at radius 3 is 3.00 bits per heavy atom. The minimum Gasteiger partial charge on any atom is -0.493 e. The number of hydrogen-bond donors (Lipinski definition) is 1. The zero-order chi connectivity index (χ0) is 10.1. The van der Waals surface area contributed by atoms with Gasteiger partial charge >= 0.3 is 0 Å². The van der Waals surface area contributed by atoms with Crippen molar-refractivity contribution in [1.29, 1.82) is 0 Å². The van der Waals surface area contributed by atoms with Gasteiger partial charge in [-0.1, -0.05) is 12.1 Å². The second kappa shape index (κ2) is 3.62. The highest BCUT2D eigenvalue weighted by molar-refractivity contribution is 5.46. The maximum Gasteiger partial charge on any atom is 0.125 e. The molecule has 0 saturated carbocycles. The minimum atomic E-state index is 0.231. The Morgan fingerprint density at radius 1 is 1.50 bits per heavy atom. The fourth-order valence-electron chi connectivity index (χ4n) is 2.07. The lowest BCUT2D eigenvalue weighted by molar-refractivity contribution is 0.354. The lowest BCUT2D eigenvalue weighted by Gasteiger charge is -2.09. The fraction of sp³-hybridized carbons (Fsp3) is 0.500. The summed E-state index contributed by atoms with van der Waals surface area (Å²) in [4.78, 5) is 0. The highest BCUT2D eigenvalue weighted by Crippen LogP contribution is 2.30. The van der Waals surface area contributed by atoms with E-state index in [0.29, 0.717) is 0 Å². The molecule has 0 fully saturated rings. The molecule has 1 atom stereocenters. The van der Waals surface area contributed by atoms with Gasteiger partial charge in [0, 0.05) is 12.5 Å². The molecule has 0 aromatic heterocycles. The molecule has 1 aromatic carbocycles. The maximum atomic E-state index is 5.79. The Balaban J connectivity index is 2.32. The number of nitrogens with two attached hydrogens (primary N) is 1. The summed E-state index contributed by atoms with van der Waals surface area (Å²) in [5, 5.41) is 0.